The van der Waals surface area contributed by atoms with Crippen LogP contribution in [0.3, 0.4) is 0 Å². The van der Waals surface area contributed by atoms with Crippen LogP contribution < -0.4 is 5.32 Å². The van der Waals surface area contributed by atoms with Crippen LogP contribution in [0.15, 0.2) is 38.0 Å². The minimum Gasteiger partial charge on any atom is -0.460 e. The van der Waals surface area contributed by atoms with Gasteiger partial charge < -0.3 is 19.5 Å². The molecule has 0 aromatic heterocycles. The SMILES string of the molecule is C=CC(=O)OCC(COC(=O)C=C)(COC(=O)C=C)NC(=O)C(C)(C)CS(=O)(=O)O. The average Bonchev–Trinajstić information content (AvgIpc) is 2.65. The average molecular weight is 447 g/mol. The van der Waals surface area contributed by atoms with Crippen molar-refractivity contribution in [3.63, 3.8) is 0 Å². The van der Waals surface area contributed by atoms with Crippen LogP contribution in [-0.4, -0.2) is 67.9 Å². The Balaban J connectivity index is 5.95. The molecule has 0 aliphatic rings. The van der Waals surface area contributed by atoms with Gasteiger partial charge in [0.1, 0.15) is 25.4 Å². The van der Waals surface area contributed by atoms with Gasteiger partial charge in [0.05, 0.1) is 11.2 Å². The second-order valence-electron chi connectivity index (χ2n) is 6.78. The standard InChI is InChI=1S/C18H25NO10S/c1-6-13(20)27-9-18(10-28-14(21)7-2,11-29-15(22)8-3)19-16(23)17(4,5)12-30(24,25)26/h6-8H,1-3,9-12H2,4-5H3,(H,19,23)(H,24,25,26). The first-order valence-corrected chi connectivity index (χ1v) is 9.96. The van der Waals surface area contributed by atoms with E-state index in [2.05, 4.69) is 25.1 Å². The lowest BCUT2D eigenvalue weighted by molar-refractivity contribution is -0.154. The third kappa shape index (κ3) is 9.98. The van der Waals surface area contributed by atoms with E-state index in [9.17, 15) is 27.6 Å². The van der Waals surface area contributed by atoms with Crippen LogP contribution in [0.25, 0.3) is 0 Å². The van der Waals surface area contributed by atoms with Crippen molar-refractivity contribution < 1.29 is 46.4 Å². The van der Waals surface area contributed by atoms with Gasteiger partial charge in [-0.25, -0.2) is 14.4 Å². The van der Waals surface area contributed by atoms with E-state index in [0.717, 1.165) is 18.2 Å². The lowest BCUT2D eigenvalue weighted by atomic mass is 9.92. The van der Waals surface area contributed by atoms with Crippen LogP contribution >= 0.6 is 0 Å². The molecule has 1 amide bonds. The first kappa shape index (κ1) is 27.0. The van der Waals surface area contributed by atoms with Gasteiger partial charge in [0.25, 0.3) is 10.1 Å². The lowest BCUT2D eigenvalue weighted by Crippen LogP contribution is -2.62. The fourth-order valence-electron chi connectivity index (χ4n) is 1.97. The van der Waals surface area contributed by atoms with E-state index in [4.69, 9.17) is 18.8 Å². The summed E-state index contributed by atoms with van der Waals surface area (Å²) < 4.78 is 46.3. The number of esters is 3. The van der Waals surface area contributed by atoms with Gasteiger partial charge in [-0.05, 0) is 13.8 Å². The summed E-state index contributed by atoms with van der Waals surface area (Å²) in [5, 5.41) is 2.38. The maximum atomic E-state index is 12.7. The third-order valence-corrected chi connectivity index (χ3v) is 4.60. The Morgan fingerprint density at radius 3 is 1.47 bits per heavy atom. The first-order chi connectivity index (χ1) is 13.7. The maximum Gasteiger partial charge on any atom is 0.330 e. The summed E-state index contributed by atoms with van der Waals surface area (Å²) in [5.41, 5.74) is -3.46. The zero-order valence-corrected chi connectivity index (χ0v) is 17.5. The molecule has 0 saturated heterocycles. The number of carbonyl (C=O) groups is 4. The molecule has 0 aromatic rings. The first-order valence-electron chi connectivity index (χ1n) is 8.35. The van der Waals surface area contributed by atoms with E-state index in [1.807, 2.05) is 0 Å². The maximum absolute atomic E-state index is 12.7. The van der Waals surface area contributed by atoms with Gasteiger partial charge >= 0.3 is 17.9 Å². The van der Waals surface area contributed by atoms with Gasteiger partial charge in [0.2, 0.25) is 5.91 Å². The lowest BCUT2D eigenvalue weighted by Gasteiger charge is -2.35. The summed E-state index contributed by atoms with van der Waals surface area (Å²) in [6, 6.07) is 0. The predicted molar refractivity (Wildman–Crippen MR) is 105 cm³/mol. The molecule has 0 unspecified atom stereocenters. The molecule has 0 spiro atoms. The van der Waals surface area contributed by atoms with Crippen molar-refractivity contribution in [2.75, 3.05) is 25.6 Å². The summed E-state index contributed by atoms with van der Waals surface area (Å²) in [4.78, 5) is 47.2. The zero-order valence-electron chi connectivity index (χ0n) is 16.7. The molecule has 0 saturated carbocycles. The number of carbonyl (C=O) groups excluding carboxylic acids is 4. The molecule has 0 fully saturated rings. The fourth-order valence-corrected chi connectivity index (χ4v) is 3.01. The van der Waals surface area contributed by atoms with Gasteiger partial charge in [0, 0.05) is 18.2 Å². The number of ether oxygens (including phenoxy) is 3. The fraction of sp³-hybridized carbons (Fsp3) is 0.444. The number of hydrogen-bond donors (Lipinski definition) is 2. The van der Waals surface area contributed by atoms with Crippen molar-refractivity contribution in [1.29, 1.82) is 0 Å². The Morgan fingerprint density at radius 2 is 1.20 bits per heavy atom. The molecular weight excluding hydrogens is 422 g/mol. The van der Waals surface area contributed by atoms with Gasteiger partial charge in [-0.3, -0.25) is 9.35 Å². The molecule has 0 aromatic carbocycles. The van der Waals surface area contributed by atoms with Gasteiger partial charge in [-0.1, -0.05) is 19.7 Å². The highest BCUT2D eigenvalue weighted by atomic mass is 32.2. The second kappa shape index (κ2) is 11.3. The molecule has 11 nitrogen and oxygen atoms in total. The Kier molecular flexibility index (Phi) is 10.1. The molecule has 0 aliphatic carbocycles. The van der Waals surface area contributed by atoms with E-state index < -0.39 is 70.5 Å². The largest absolute Gasteiger partial charge is 0.460 e. The van der Waals surface area contributed by atoms with Crippen molar-refractivity contribution in [1.82, 2.24) is 5.32 Å². The molecule has 0 bridgehead atoms. The summed E-state index contributed by atoms with van der Waals surface area (Å²) in [5.74, 6) is -4.55. The normalized spacial score (nSPS) is 11.6. The Bertz CT molecular complexity index is 753. The van der Waals surface area contributed by atoms with Crippen LogP contribution in [0.4, 0.5) is 0 Å². The van der Waals surface area contributed by atoms with E-state index >= 15 is 0 Å². The van der Waals surface area contributed by atoms with Crippen LogP contribution in [0.5, 0.6) is 0 Å². The molecular formula is C18H25NO10S. The highest BCUT2D eigenvalue weighted by Gasteiger charge is 2.42. The molecule has 0 rings (SSSR count). The Morgan fingerprint density at radius 1 is 0.867 bits per heavy atom. The monoisotopic (exact) mass is 447 g/mol. The zero-order chi connectivity index (χ0) is 23.6. The van der Waals surface area contributed by atoms with Crippen LogP contribution in [0.1, 0.15) is 13.8 Å². The smallest absolute Gasteiger partial charge is 0.330 e. The predicted octanol–water partition coefficient (Wildman–Crippen LogP) is -0.0570. The summed E-state index contributed by atoms with van der Waals surface area (Å²) in [6.07, 6.45) is 2.50. The van der Waals surface area contributed by atoms with Gasteiger partial charge in [-0.2, -0.15) is 8.42 Å². The summed E-state index contributed by atoms with van der Waals surface area (Å²) in [7, 11) is -4.53. The van der Waals surface area contributed by atoms with E-state index in [-0.39, 0.29) is 0 Å². The van der Waals surface area contributed by atoms with Crippen LogP contribution in [0, 0.1) is 5.41 Å². The van der Waals surface area contributed by atoms with Crippen molar-refractivity contribution in [3.8, 4) is 0 Å². The van der Waals surface area contributed by atoms with E-state index in [0.29, 0.717) is 0 Å². The molecule has 30 heavy (non-hydrogen) atoms. The van der Waals surface area contributed by atoms with E-state index in [1.165, 1.54) is 13.8 Å². The van der Waals surface area contributed by atoms with Crippen molar-refractivity contribution >= 4 is 33.9 Å². The molecule has 2 N–H and O–H groups in total. The Labute approximate surface area is 174 Å². The van der Waals surface area contributed by atoms with Gasteiger partial charge in [-0.15, -0.1) is 0 Å². The summed E-state index contributed by atoms with van der Waals surface area (Å²) in [6.45, 7) is 10.2. The Hall–Kier alpha value is -2.99. The second-order valence-corrected chi connectivity index (χ2v) is 8.23. The van der Waals surface area contributed by atoms with Crippen molar-refractivity contribution in [2.24, 2.45) is 5.41 Å². The molecule has 0 heterocycles. The number of nitrogens with one attached hydrogen (secondary N) is 1. The highest BCUT2D eigenvalue weighted by molar-refractivity contribution is 7.85. The quantitative estimate of drug-likeness (QED) is 0.169. The van der Waals surface area contributed by atoms with Crippen molar-refractivity contribution in [2.45, 2.75) is 19.4 Å². The minimum atomic E-state index is -4.53. The topological polar surface area (TPSA) is 162 Å². The minimum absolute atomic E-state index is 0.638. The molecule has 12 heteroatoms. The molecule has 0 atom stereocenters. The molecule has 0 aliphatic heterocycles. The molecule has 168 valence electrons. The van der Waals surface area contributed by atoms with E-state index in [1.54, 1.807) is 0 Å². The highest BCUT2D eigenvalue weighted by Crippen LogP contribution is 2.21. The summed E-state index contributed by atoms with van der Waals surface area (Å²) >= 11 is 0. The number of hydrogen-bond acceptors (Lipinski definition) is 9. The van der Waals surface area contributed by atoms with Gasteiger partial charge in [0.15, 0.2) is 0 Å². The number of rotatable bonds is 13. The van der Waals surface area contributed by atoms with Crippen LogP contribution in [0.2, 0.25) is 0 Å². The van der Waals surface area contributed by atoms with Crippen molar-refractivity contribution in [3.05, 3.63) is 38.0 Å². The van der Waals surface area contributed by atoms with Crippen LogP contribution in [-0.2, 0) is 43.5 Å². The number of amides is 1. The molecule has 0 radical (unpaired) electrons. The third-order valence-electron chi connectivity index (χ3n) is 3.51.